The molecule has 0 spiro atoms. The summed E-state index contributed by atoms with van der Waals surface area (Å²) < 4.78 is 13.8. The van der Waals surface area contributed by atoms with Gasteiger partial charge in [0, 0.05) is 5.70 Å². The molecule has 1 saturated carbocycles. The maximum absolute atomic E-state index is 13.2. The predicted molar refractivity (Wildman–Crippen MR) is 108 cm³/mol. The summed E-state index contributed by atoms with van der Waals surface area (Å²) in [5.41, 5.74) is 2.19. The fraction of sp³-hybridized carbons (Fsp3) is 0.450. The summed E-state index contributed by atoms with van der Waals surface area (Å²) in [6.07, 6.45) is 6.75. The Hall–Kier alpha value is -2.35. The number of allylic oxidation sites excluding steroid dienone is 1. The lowest BCUT2D eigenvalue weighted by Crippen LogP contribution is -2.32. The molecule has 1 N–H and O–H groups in total. The lowest BCUT2D eigenvalue weighted by molar-refractivity contribution is -0.146. The number of halogens is 1. The second kappa shape index (κ2) is 7.95. The van der Waals surface area contributed by atoms with Crippen LogP contribution in [0.4, 0.5) is 5.95 Å². The number of methoxy groups -OCH3 is 1. The molecule has 1 aliphatic carbocycles. The third-order valence-electron chi connectivity index (χ3n) is 5.33. The first kappa shape index (κ1) is 19.0. The Morgan fingerprint density at radius 2 is 2.07 bits per heavy atom. The fourth-order valence-corrected chi connectivity index (χ4v) is 4.47. The normalized spacial score (nSPS) is 19.8. The van der Waals surface area contributed by atoms with Crippen molar-refractivity contribution in [1.29, 1.82) is 0 Å². The summed E-state index contributed by atoms with van der Waals surface area (Å²) in [6, 6.07) is 5.34. The standard InChI is InChI=1S/C20H23BrN4O3/c1-12-17(19(26)28-14-6-4-3-5-7-14)18(25-20(24-12)22-11-23-25)13-8-9-16(27-2)15(21)10-13/h8-11,14,18H,3-7H2,1-2H3,(H,22,23,24). The Morgan fingerprint density at radius 1 is 1.29 bits per heavy atom. The molecule has 28 heavy (non-hydrogen) atoms. The van der Waals surface area contributed by atoms with E-state index in [2.05, 4.69) is 31.3 Å². The van der Waals surface area contributed by atoms with Crippen molar-refractivity contribution in [3.63, 3.8) is 0 Å². The number of fused-ring (bicyclic) bond motifs is 1. The van der Waals surface area contributed by atoms with E-state index in [9.17, 15) is 4.79 Å². The number of hydrogen-bond donors (Lipinski definition) is 1. The van der Waals surface area contributed by atoms with E-state index >= 15 is 0 Å². The predicted octanol–water partition coefficient (Wildman–Crippen LogP) is 4.21. The topological polar surface area (TPSA) is 78.3 Å². The molecule has 1 aromatic heterocycles. The maximum Gasteiger partial charge on any atom is 0.338 e. The Labute approximate surface area is 172 Å². The third kappa shape index (κ3) is 3.53. The van der Waals surface area contributed by atoms with Gasteiger partial charge in [0.2, 0.25) is 5.95 Å². The minimum Gasteiger partial charge on any atom is -0.496 e. The summed E-state index contributed by atoms with van der Waals surface area (Å²) >= 11 is 3.54. The van der Waals surface area contributed by atoms with Crippen LogP contribution in [0.15, 0.2) is 40.3 Å². The molecule has 2 aromatic rings. The second-order valence-corrected chi connectivity index (χ2v) is 8.01. The van der Waals surface area contributed by atoms with Gasteiger partial charge in [-0.05, 0) is 66.2 Å². The van der Waals surface area contributed by atoms with Gasteiger partial charge in [-0.2, -0.15) is 10.1 Å². The molecule has 1 unspecified atom stereocenters. The number of carbonyl (C=O) groups excluding carboxylic acids is 1. The van der Waals surface area contributed by atoms with Crippen molar-refractivity contribution in [2.45, 2.75) is 51.2 Å². The molecule has 0 amide bonds. The van der Waals surface area contributed by atoms with Crippen LogP contribution in [0.5, 0.6) is 5.75 Å². The summed E-state index contributed by atoms with van der Waals surface area (Å²) in [7, 11) is 1.62. The molecule has 2 aliphatic rings. The third-order valence-corrected chi connectivity index (χ3v) is 5.95. The lowest BCUT2D eigenvalue weighted by Gasteiger charge is -2.30. The Bertz CT molecular complexity index is 918. The lowest BCUT2D eigenvalue weighted by atomic mass is 9.95. The van der Waals surface area contributed by atoms with Gasteiger partial charge in [-0.15, -0.1) is 0 Å². The largest absolute Gasteiger partial charge is 0.496 e. The van der Waals surface area contributed by atoms with E-state index in [1.165, 1.54) is 12.7 Å². The molecular weight excluding hydrogens is 424 g/mol. The fourth-order valence-electron chi connectivity index (χ4n) is 3.91. The highest BCUT2D eigenvalue weighted by molar-refractivity contribution is 9.10. The highest BCUT2D eigenvalue weighted by Gasteiger charge is 2.35. The molecule has 8 heteroatoms. The van der Waals surface area contributed by atoms with E-state index in [-0.39, 0.29) is 12.1 Å². The summed E-state index contributed by atoms with van der Waals surface area (Å²) in [5.74, 6) is 1.03. The van der Waals surface area contributed by atoms with E-state index < -0.39 is 6.04 Å². The van der Waals surface area contributed by atoms with Crippen LogP contribution in [0.2, 0.25) is 0 Å². The van der Waals surface area contributed by atoms with Crippen molar-refractivity contribution < 1.29 is 14.3 Å². The molecule has 0 radical (unpaired) electrons. The van der Waals surface area contributed by atoms with E-state index in [1.807, 2.05) is 25.1 Å². The van der Waals surface area contributed by atoms with Crippen LogP contribution in [-0.2, 0) is 9.53 Å². The van der Waals surface area contributed by atoms with E-state index in [4.69, 9.17) is 9.47 Å². The van der Waals surface area contributed by atoms with Crippen LogP contribution >= 0.6 is 15.9 Å². The smallest absolute Gasteiger partial charge is 0.338 e. The van der Waals surface area contributed by atoms with E-state index in [0.29, 0.717) is 11.5 Å². The van der Waals surface area contributed by atoms with E-state index in [1.54, 1.807) is 11.8 Å². The van der Waals surface area contributed by atoms with Gasteiger partial charge in [0.1, 0.15) is 24.2 Å². The van der Waals surface area contributed by atoms with Crippen LogP contribution < -0.4 is 10.1 Å². The zero-order chi connectivity index (χ0) is 19.7. The summed E-state index contributed by atoms with van der Waals surface area (Å²) in [5, 5.41) is 7.53. The Balaban J connectivity index is 1.72. The summed E-state index contributed by atoms with van der Waals surface area (Å²) in [6.45, 7) is 1.88. The van der Waals surface area contributed by atoms with Gasteiger partial charge >= 0.3 is 5.97 Å². The number of nitrogens with zero attached hydrogens (tertiary/aromatic N) is 3. The van der Waals surface area contributed by atoms with Gasteiger partial charge in [0.15, 0.2) is 0 Å². The number of carbonyl (C=O) groups is 1. The van der Waals surface area contributed by atoms with Gasteiger partial charge in [-0.3, -0.25) is 0 Å². The number of rotatable bonds is 4. The van der Waals surface area contributed by atoms with Crippen LogP contribution in [0.3, 0.4) is 0 Å². The van der Waals surface area contributed by atoms with Crippen molar-refractivity contribution in [1.82, 2.24) is 14.8 Å². The van der Waals surface area contributed by atoms with Crippen molar-refractivity contribution in [3.05, 3.63) is 45.8 Å². The average molecular weight is 447 g/mol. The number of anilines is 1. The van der Waals surface area contributed by atoms with Gasteiger partial charge < -0.3 is 14.8 Å². The van der Waals surface area contributed by atoms with Gasteiger partial charge in [-0.1, -0.05) is 12.5 Å². The number of esters is 1. The molecule has 2 heterocycles. The Morgan fingerprint density at radius 3 is 2.79 bits per heavy atom. The van der Waals surface area contributed by atoms with Crippen LogP contribution in [0, 0.1) is 0 Å². The first-order valence-corrected chi connectivity index (χ1v) is 10.3. The molecule has 0 bridgehead atoms. The average Bonchev–Trinajstić information content (AvgIpc) is 3.15. The van der Waals surface area contributed by atoms with Gasteiger partial charge in [0.25, 0.3) is 0 Å². The number of aromatic nitrogens is 3. The van der Waals surface area contributed by atoms with Gasteiger partial charge in [-0.25, -0.2) is 9.48 Å². The van der Waals surface area contributed by atoms with Gasteiger partial charge in [0.05, 0.1) is 17.2 Å². The highest BCUT2D eigenvalue weighted by atomic mass is 79.9. The molecule has 148 valence electrons. The molecule has 1 aliphatic heterocycles. The van der Waals surface area contributed by atoms with E-state index in [0.717, 1.165) is 47.2 Å². The number of benzene rings is 1. The zero-order valence-electron chi connectivity index (χ0n) is 15.9. The van der Waals surface area contributed by atoms with Crippen LogP contribution in [0.1, 0.15) is 50.6 Å². The van der Waals surface area contributed by atoms with Crippen molar-refractivity contribution in [3.8, 4) is 5.75 Å². The number of nitrogens with one attached hydrogen (secondary N) is 1. The quantitative estimate of drug-likeness (QED) is 0.708. The van der Waals surface area contributed by atoms with Crippen molar-refractivity contribution >= 4 is 27.8 Å². The maximum atomic E-state index is 13.2. The SMILES string of the molecule is COc1ccc(C2C(C(=O)OC3CCCCC3)=C(C)Nc3ncnn32)cc1Br. The zero-order valence-corrected chi connectivity index (χ0v) is 17.5. The highest BCUT2D eigenvalue weighted by Crippen LogP contribution is 2.38. The monoisotopic (exact) mass is 446 g/mol. The second-order valence-electron chi connectivity index (χ2n) is 7.15. The number of ether oxygens (including phenoxy) is 2. The minimum absolute atomic E-state index is 0.0121. The first-order chi connectivity index (χ1) is 13.6. The molecule has 1 fully saturated rings. The van der Waals surface area contributed by atoms with Crippen molar-refractivity contribution in [2.24, 2.45) is 0 Å². The molecule has 4 rings (SSSR count). The van der Waals surface area contributed by atoms with Crippen LogP contribution in [0.25, 0.3) is 0 Å². The first-order valence-electron chi connectivity index (χ1n) is 9.50. The molecule has 7 nitrogen and oxygen atoms in total. The molecule has 1 aromatic carbocycles. The Kier molecular flexibility index (Phi) is 5.39. The van der Waals surface area contributed by atoms with Crippen molar-refractivity contribution in [2.75, 3.05) is 12.4 Å². The minimum atomic E-state index is -0.419. The van der Waals surface area contributed by atoms with Crippen LogP contribution in [-0.4, -0.2) is 33.9 Å². The molecule has 1 atom stereocenters. The summed E-state index contributed by atoms with van der Waals surface area (Å²) in [4.78, 5) is 17.4. The number of hydrogen-bond acceptors (Lipinski definition) is 6. The molecule has 0 saturated heterocycles. The molecular formula is C20H23BrN4O3.